The lowest BCUT2D eigenvalue weighted by Gasteiger charge is -2.16. The lowest BCUT2D eigenvalue weighted by Crippen LogP contribution is -2.23. The molecule has 2 aromatic rings. The SMILES string of the molecule is Cc1cc(CCN(C)c2nc(N)nc(N)n2)cs1. The normalized spacial score (nSPS) is 10.6. The summed E-state index contributed by atoms with van der Waals surface area (Å²) in [4.78, 5) is 15.1. The van der Waals surface area contributed by atoms with Gasteiger partial charge in [-0.15, -0.1) is 11.3 Å². The highest BCUT2D eigenvalue weighted by atomic mass is 32.1. The fourth-order valence-electron chi connectivity index (χ4n) is 1.59. The van der Waals surface area contributed by atoms with E-state index in [0.29, 0.717) is 5.95 Å². The van der Waals surface area contributed by atoms with Gasteiger partial charge in [0.2, 0.25) is 17.8 Å². The van der Waals surface area contributed by atoms with Crippen LogP contribution < -0.4 is 16.4 Å². The summed E-state index contributed by atoms with van der Waals surface area (Å²) in [6, 6.07) is 2.19. The highest BCUT2D eigenvalue weighted by Gasteiger charge is 2.08. The molecular formula is C11H16N6S. The number of thiophene rings is 1. The summed E-state index contributed by atoms with van der Waals surface area (Å²) in [5.41, 5.74) is 12.4. The van der Waals surface area contributed by atoms with Gasteiger partial charge in [-0.3, -0.25) is 0 Å². The minimum absolute atomic E-state index is 0.149. The Morgan fingerprint density at radius 3 is 2.44 bits per heavy atom. The second-order valence-electron chi connectivity index (χ2n) is 4.09. The Kier molecular flexibility index (Phi) is 3.61. The molecule has 0 fully saturated rings. The highest BCUT2D eigenvalue weighted by molar-refractivity contribution is 7.10. The van der Waals surface area contributed by atoms with Crippen LogP contribution in [0.15, 0.2) is 11.4 Å². The number of hydrogen-bond donors (Lipinski definition) is 2. The van der Waals surface area contributed by atoms with Gasteiger partial charge >= 0.3 is 0 Å². The van der Waals surface area contributed by atoms with Gasteiger partial charge in [0.15, 0.2) is 0 Å². The topological polar surface area (TPSA) is 94.0 Å². The zero-order chi connectivity index (χ0) is 13.1. The van der Waals surface area contributed by atoms with Gasteiger partial charge in [-0.1, -0.05) is 0 Å². The summed E-state index contributed by atoms with van der Waals surface area (Å²) in [6.45, 7) is 2.91. The number of aromatic nitrogens is 3. The molecule has 0 amide bonds. The smallest absolute Gasteiger partial charge is 0.231 e. The van der Waals surface area contributed by atoms with E-state index in [9.17, 15) is 0 Å². The number of anilines is 3. The molecule has 0 radical (unpaired) electrons. The van der Waals surface area contributed by atoms with Crippen molar-refractivity contribution in [2.75, 3.05) is 30.0 Å². The summed E-state index contributed by atoms with van der Waals surface area (Å²) < 4.78 is 0. The molecule has 0 saturated heterocycles. The molecule has 0 bridgehead atoms. The molecule has 2 heterocycles. The van der Waals surface area contributed by atoms with Crippen LogP contribution >= 0.6 is 11.3 Å². The fraction of sp³-hybridized carbons (Fsp3) is 0.364. The number of hydrogen-bond acceptors (Lipinski definition) is 7. The van der Waals surface area contributed by atoms with Crippen LogP contribution in [-0.2, 0) is 6.42 Å². The molecule has 4 N–H and O–H groups in total. The van der Waals surface area contributed by atoms with E-state index in [1.807, 2.05) is 11.9 Å². The number of likely N-dealkylation sites (N-methyl/N-ethyl adjacent to an activating group) is 1. The van der Waals surface area contributed by atoms with E-state index in [-0.39, 0.29) is 11.9 Å². The molecule has 7 heteroatoms. The van der Waals surface area contributed by atoms with Crippen molar-refractivity contribution >= 4 is 29.2 Å². The molecule has 0 aromatic carbocycles. The third kappa shape index (κ3) is 3.07. The molecule has 6 nitrogen and oxygen atoms in total. The average molecular weight is 264 g/mol. The quantitative estimate of drug-likeness (QED) is 0.858. The average Bonchev–Trinajstić information content (AvgIpc) is 2.70. The van der Waals surface area contributed by atoms with Gasteiger partial charge in [0, 0.05) is 18.5 Å². The van der Waals surface area contributed by atoms with Crippen molar-refractivity contribution < 1.29 is 0 Å². The number of rotatable bonds is 4. The van der Waals surface area contributed by atoms with Gasteiger partial charge in [-0.25, -0.2) is 0 Å². The Morgan fingerprint density at radius 1 is 1.22 bits per heavy atom. The Balaban J connectivity index is 2.01. The largest absolute Gasteiger partial charge is 0.368 e. The van der Waals surface area contributed by atoms with Crippen LogP contribution in [0.2, 0.25) is 0 Å². The van der Waals surface area contributed by atoms with Crippen molar-refractivity contribution in [3.8, 4) is 0 Å². The van der Waals surface area contributed by atoms with Gasteiger partial charge in [-0.2, -0.15) is 15.0 Å². The van der Waals surface area contributed by atoms with Crippen LogP contribution in [0, 0.1) is 6.92 Å². The molecule has 0 saturated carbocycles. The first-order chi connectivity index (χ1) is 8.54. The molecule has 0 aliphatic rings. The van der Waals surface area contributed by atoms with Gasteiger partial charge in [0.05, 0.1) is 0 Å². The molecule has 0 aliphatic heterocycles. The van der Waals surface area contributed by atoms with Gasteiger partial charge in [0.1, 0.15) is 0 Å². The van der Waals surface area contributed by atoms with E-state index >= 15 is 0 Å². The number of aryl methyl sites for hydroxylation is 1. The Bertz CT molecular complexity index is 518. The maximum absolute atomic E-state index is 5.54. The van der Waals surface area contributed by atoms with E-state index in [2.05, 4.69) is 33.3 Å². The first-order valence-electron chi connectivity index (χ1n) is 5.57. The number of nitrogens with zero attached hydrogens (tertiary/aromatic N) is 4. The maximum atomic E-state index is 5.54. The lowest BCUT2D eigenvalue weighted by atomic mass is 10.2. The second-order valence-corrected chi connectivity index (χ2v) is 5.20. The highest BCUT2D eigenvalue weighted by Crippen LogP contribution is 2.15. The van der Waals surface area contributed by atoms with Crippen LogP contribution in [0.25, 0.3) is 0 Å². The second kappa shape index (κ2) is 5.18. The third-order valence-electron chi connectivity index (χ3n) is 2.52. The van der Waals surface area contributed by atoms with Crippen LogP contribution in [0.1, 0.15) is 10.4 Å². The van der Waals surface area contributed by atoms with E-state index in [4.69, 9.17) is 11.5 Å². The van der Waals surface area contributed by atoms with E-state index in [0.717, 1.165) is 13.0 Å². The number of nitrogen functional groups attached to an aromatic ring is 2. The van der Waals surface area contributed by atoms with Crippen molar-refractivity contribution in [1.82, 2.24) is 15.0 Å². The minimum Gasteiger partial charge on any atom is -0.368 e. The van der Waals surface area contributed by atoms with Crippen LogP contribution in [0.5, 0.6) is 0 Å². The minimum atomic E-state index is 0.149. The molecule has 2 aromatic heterocycles. The lowest BCUT2D eigenvalue weighted by molar-refractivity contribution is 0.835. The summed E-state index contributed by atoms with van der Waals surface area (Å²) in [6.07, 6.45) is 0.937. The van der Waals surface area contributed by atoms with Crippen LogP contribution in [0.3, 0.4) is 0 Å². The zero-order valence-corrected chi connectivity index (χ0v) is 11.2. The Labute approximate surface area is 110 Å². The molecular weight excluding hydrogens is 248 g/mol. The molecule has 96 valence electrons. The number of nitrogens with two attached hydrogens (primary N) is 2. The van der Waals surface area contributed by atoms with Gasteiger partial charge in [-0.05, 0) is 30.4 Å². The van der Waals surface area contributed by atoms with Gasteiger partial charge < -0.3 is 16.4 Å². The summed E-state index contributed by atoms with van der Waals surface area (Å²) in [7, 11) is 1.91. The van der Waals surface area contributed by atoms with E-state index < -0.39 is 0 Å². The summed E-state index contributed by atoms with van der Waals surface area (Å²) in [5, 5.41) is 2.17. The molecule has 2 rings (SSSR count). The molecule has 0 atom stereocenters. The first-order valence-corrected chi connectivity index (χ1v) is 6.45. The monoisotopic (exact) mass is 264 g/mol. The Hall–Kier alpha value is -1.89. The maximum Gasteiger partial charge on any atom is 0.231 e. The predicted octanol–water partition coefficient (Wildman–Crippen LogP) is 1.08. The van der Waals surface area contributed by atoms with Gasteiger partial charge in [0.25, 0.3) is 0 Å². The molecule has 0 aliphatic carbocycles. The third-order valence-corrected chi connectivity index (χ3v) is 3.43. The van der Waals surface area contributed by atoms with Crippen molar-refractivity contribution in [2.24, 2.45) is 0 Å². The molecule has 0 unspecified atom stereocenters. The summed E-state index contributed by atoms with van der Waals surface area (Å²) in [5.74, 6) is 0.804. The first kappa shape index (κ1) is 12.6. The van der Waals surface area contributed by atoms with Crippen molar-refractivity contribution in [3.05, 3.63) is 21.9 Å². The Morgan fingerprint density at radius 2 is 1.89 bits per heavy atom. The predicted molar refractivity (Wildman–Crippen MR) is 74.7 cm³/mol. The molecule has 0 spiro atoms. The van der Waals surface area contributed by atoms with Crippen LogP contribution in [-0.4, -0.2) is 28.5 Å². The van der Waals surface area contributed by atoms with E-state index in [1.165, 1.54) is 10.4 Å². The van der Waals surface area contributed by atoms with Crippen molar-refractivity contribution in [1.29, 1.82) is 0 Å². The van der Waals surface area contributed by atoms with Crippen molar-refractivity contribution in [3.63, 3.8) is 0 Å². The van der Waals surface area contributed by atoms with Crippen molar-refractivity contribution in [2.45, 2.75) is 13.3 Å². The van der Waals surface area contributed by atoms with Crippen LogP contribution in [0.4, 0.5) is 17.8 Å². The summed E-state index contributed by atoms with van der Waals surface area (Å²) >= 11 is 1.76. The zero-order valence-electron chi connectivity index (χ0n) is 10.4. The standard InChI is InChI=1S/C11H16N6S/c1-7-5-8(6-18-7)3-4-17(2)11-15-9(12)14-10(13)16-11/h5-6H,3-4H2,1-2H3,(H4,12,13,14,15,16). The van der Waals surface area contributed by atoms with E-state index in [1.54, 1.807) is 11.3 Å². The molecule has 18 heavy (non-hydrogen) atoms. The fourth-order valence-corrected chi connectivity index (χ4v) is 2.34.